The first-order valence-electron chi connectivity index (χ1n) is 4.99. The van der Waals surface area contributed by atoms with Crippen LogP contribution in [-0.2, 0) is 10.0 Å². The molecule has 0 atom stereocenters. The number of sulfonamides is 1. The minimum Gasteiger partial charge on any atom is -0.508 e. The summed E-state index contributed by atoms with van der Waals surface area (Å²) in [6, 6.07) is 4.27. The summed E-state index contributed by atoms with van der Waals surface area (Å²) in [5, 5.41) is 9.24. The fourth-order valence-electron chi connectivity index (χ4n) is 1.20. The first-order valence-corrected chi connectivity index (χ1v) is 7.44. The monoisotopic (exact) mass is 325 g/mol. The van der Waals surface area contributed by atoms with Crippen LogP contribution in [0.4, 0.5) is 10.1 Å². The summed E-state index contributed by atoms with van der Waals surface area (Å²) in [5.74, 6) is -0.173. The number of anilines is 1. The van der Waals surface area contributed by atoms with E-state index in [1.54, 1.807) is 0 Å². The van der Waals surface area contributed by atoms with Crippen molar-refractivity contribution in [1.29, 1.82) is 0 Å². The molecule has 0 saturated heterocycles. The summed E-state index contributed by atoms with van der Waals surface area (Å²) in [7, 11) is -3.50. The topological polar surface area (TPSA) is 66.4 Å². The second-order valence-electron chi connectivity index (χ2n) is 3.48. The third-order valence-corrected chi connectivity index (χ3v) is 4.06. The van der Waals surface area contributed by atoms with Gasteiger partial charge in [-0.3, -0.25) is 9.11 Å². The SMILES string of the molecule is O=S(=O)(CCCCF)Nc1cc(O)ccc1Br. The number of alkyl halides is 1. The van der Waals surface area contributed by atoms with Gasteiger partial charge in [0.25, 0.3) is 0 Å². The lowest BCUT2D eigenvalue weighted by Gasteiger charge is -2.09. The minimum atomic E-state index is -3.50. The van der Waals surface area contributed by atoms with E-state index in [1.807, 2.05) is 0 Å². The molecule has 0 radical (unpaired) electrons. The minimum absolute atomic E-state index is 0.0327. The number of phenolic OH excluding ortho intramolecular Hbond substituents is 1. The van der Waals surface area contributed by atoms with Gasteiger partial charge >= 0.3 is 0 Å². The summed E-state index contributed by atoms with van der Waals surface area (Å²) >= 11 is 3.17. The Balaban J connectivity index is 2.72. The Hall–Kier alpha value is -0.820. The van der Waals surface area contributed by atoms with Crippen molar-refractivity contribution in [3.05, 3.63) is 22.7 Å². The molecule has 1 rings (SSSR count). The van der Waals surface area contributed by atoms with Gasteiger partial charge < -0.3 is 5.11 Å². The lowest BCUT2D eigenvalue weighted by molar-refractivity contribution is 0.468. The molecular formula is C10H13BrFNO3S. The molecule has 0 spiro atoms. The number of hydrogen-bond donors (Lipinski definition) is 2. The highest BCUT2D eigenvalue weighted by Gasteiger charge is 2.12. The molecule has 0 saturated carbocycles. The fourth-order valence-corrected chi connectivity index (χ4v) is 2.86. The zero-order chi connectivity index (χ0) is 12.9. The molecule has 0 aliphatic rings. The molecule has 0 fully saturated rings. The van der Waals surface area contributed by atoms with E-state index in [2.05, 4.69) is 20.7 Å². The van der Waals surface area contributed by atoms with Crippen LogP contribution in [0.25, 0.3) is 0 Å². The van der Waals surface area contributed by atoms with Crippen molar-refractivity contribution in [1.82, 2.24) is 0 Å². The van der Waals surface area contributed by atoms with Gasteiger partial charge in [-0.25, -0.2) is 8.42 Å². The third kappa shape index (κ3) is 4.91. The predicted molar refractivity (Wildman–Crippen MR) is 68.4 cm³/mol. The Labute approximate surface area is 108 Å². The van der Waals surface area contributed by atoms with Gasteiger partial charge in [-0.1, -0.05) is 0 Å². The molecule has 0 unspecified atom stereocenters. The average Bonchev–Trinajstić information content (AvgIpc) is 2.23. The van der Waals surface area contributed by atoms with E-state index in [4.69, 9.17) is 0 Å². The van der Waals surface area contributed by atoms with E-state index >= 15 is 0 Å². The molecule has 0 aliphatic carbocycles. The molecule has 0 aliphatic heterocycles. The van der Waals surface area contributed by atoms with E-state index in [-0.39, 0.29) is 30.0 Å². The summed E-state index contributed by atoms with van der Waals surface area (Å²) in [4.78, 5) is 0. The van der Waals surface area contributed by atoms with E-state index in [0.717, 1.165) is 0 Å². The second-order valence-corrected chi connectivity index (χ2v) is 6.18. The smallest absolute Gasteiger partial charge is 0.232 e. The first kappa shape index (κ1) is 14.2. The number of phenols is 1. The number of hydrogen-bond acceptors (Lipinski definition) is 3. The summed E-state index contributed by atoms with van der Waals surface area (Å²) < 4.78 is 37.9. The zero-order valence-electron chi connectivity index (χ0n) is 8.99. The van der Waals surface area contributed by atoms with Crippen LogP contribution in [0.15, 0.2) is 22.7 Å². The molecule has 1 aromatic carbocycles. The maximum absolute atomic E-state index is 11.9. The van der Waals surface area contributed by atoms with E-state index < -0.39 is 16.7 Å². The number of unbranched alkanes of at least 4 members (excludes halogenated alkanes) is 1. The lowest BCUT2D eigenvalue weighted by Crippen LogP contribution is -2.17. The van der Waals surface area contributed by atoms with Crippen LogP contribution in [0.3, 0.4) is 0 Å². The standard InChI is InChI=1S/C10H13BrFNO3S/c11-9-4-3-8(14)7-10(9)13-17(15,16)6-2-1-5-12/h3-4,7,13-14H,1-2,5-6H2. The molecule has 17 heavy (non-hydrogen) atoms. The van der Waals surface area contributed by atoms with Crippen LogP contribution < -0.4 is 4.72 Å². The van der Waals surface area contributed by atoms with Crippen LogP contribution in [-0.4, -0.2) is 26.0 Å². The molecule has 2 N–H and O–H groups in total. The Bertz CT molecular complexity index is 478. The van der Waals surface area contributed by atoms with Crippen LogP contribution in [0.2, 0.25) is 0 Å². The maximum atomic E-state index is 11.9. The Morgan fingerprint density at radius 2 is 2.06 bits per heavy atom. The van der Waals surface area contributed by atoms with Crippen LogP contribution in [0, 0.1) is 0 Å². The summed E-state index contributed by atoms with van der Waals surface area (Å²) in [6.07, 6.45) is 0.490. The molecule has 4 nitrogen and oxygen atoms in total. The Kier molecular flexibility index (Phi) is 5.20. The average molecular weight is 326 g/mol. The second kappa shape index (κ2) is 6.20. The molecular weight excluding hydrogens is 313 g/mol. The fraction of sp³-hybridized carbons (Fsp3) is 0.400. The number of benzene rings is 1. The highest BCUT2D eigenvalue weighted by Crippen LogP contribution is 2.27. The molecule has 1 aromatic rings. The van der Waals surface area contributed by atoms with E-state index in [1.165, 1.54) is 18.2 Å². The van der Waals surface area contributed by atoms with Crippen LogP contribution in [0.5, 0.6) is 5.75 Å². The Morgan fingerprint density at radius 1 is 1.35 bits per heavy atom. The number of halogens is 2. The first-order chi connectivity index (χ1) is 7.94. The highest BCUT2D eigenvalue weighted by molar-refractivity contribution is 9.10. The van der Waals surface area contributed by atoms with E-state index in [0.29, 0.717) is 4.47 Å². The van der Waals surface area contributed by atoms with Gasteiger partial charge in [0.15, 0.2) is 0 Å². The van der Waals surface area contributed by atoms with Gasteiger partial charge in [0.05, 0.1) is 18.1 Å². The quantitative estimate of drug-likeness (QED) is 0.790. The maximum Gasteiger partial charge on any atom is 0.232 e. The largest absolute Gasteiger partial charge is 0.508 e. The summed E-state index contributed by atoms with van der Waals surface area (Å²) in [6.45, 7) is -0.522. The van der Waals surface area contributed by atoms with Gasteiger partial charge in [-0.15, -0.1) is 0 Å². The normalized spacial score (nSPS) is 11.4. The van der Waals surface area contributed by atoms with Gasteiger partial charge in [0, 0.05) is 10.5 Å². The van der Waals surface area contributed by atoms with Crippen LogP contribution >= 0.6 is 15.9 Å². The molecule has 0 amide bonds. The lowest BCUT2D eigenvalue weighted by atomic mass is 10.3. The van der Waals surface area contributed by atoms with Crippen molar-refractivity contribution in [2.45, 2.75) is 12.8 Å². The molecule has 0 heterocycles. The molecule has 0 bridgehead atoms. The van der Waals surface area contributed by atoms with Crippen molar-refractivity contribution >= 4 is 31.6 Å². The van der Waals surface area contributed by atoms with E-state index in [9.17, 15) is 17.9 Å². The Morgan fingerprint density at radius 3 is 2.71 bits per heavy atom. The van der Waals surface area contributed by atoms with Crippen molar-refractivity contribution in [3.63, 3.8) is 0 Å². The summed E-state index contributed by atoms with van der Waals surface area (Å²) in [5.41, 5.74) is 0.269. The van der Waals surface area contributed by atoms with Gasteiger partial charge in [0.1, 0.15) is 5.75 Å². The van der Waals surface area contributed by atoms with Gasteiger partial charge in [-0.2, -0.15) is 0 Å². The third-order valence-electron chi connectivity index (χ3n) is 2.01. The van der Waals surface area contributed by atoms with Crippen LogP contribution in [0.1, 0.15) is 12.8 Å². The highest BCUT2D eigenvalue weighted by atomic mass is 79.9. The number of aromatic hydroxyl groups is 1. The molecule has 96 valence electrons. The van der Waals surface area contributed by atoms with Crippen molar-refractivity contribution in [3.8, 4) is 5.75 Å². The molecule has 0 aromatic heterocycles. The molecule has 7 heteroatoms. The van der Waals surface area contributed by atoms with Gasteiger partial charge in [-0.05, 0) is 40.9 Å². The van der Waals surface area contributed by atoms with Crippen molar-refractivity contribution < 1.29 is 17.9 Å². The van der Waals surface area contributed by atoms with Crippen molar-refractivity contribution in [2.24, 2.45) is 0 Å². The number of nitrogens with one attached hydrogen (secondary N) is 1. The number of rotatable bonds is 6. The predicted octanol–water partition coefficient (Wildman–Crippen LogP) is 2.65. The van der Waals surface area contributed by atoms with Crippen molar-refractivity contribution in [2.75, 3.05) is 17.1 Å². The zero-order valence-corrected chi connectivity index (χ0v) is 11.4. The van der Waals surface area contributed by atoms with Gasteiger partial charge in [0.2, 0.25) is 10.0 Å².